The summed E-state index contributed by atoms with van der Waals surface area (Å²) in [6.07, 6.45) is 21.2. The largest absolute Gasteiger partial charge is 0.457 e. The molecule has 0 radical (unpaired) electrons. The van der Waals surface area contributed by atoms with Gasteiger partial charge >= 0.3 is 5.97 Å². The third-order valence-electron chi connectivity index (χ3n) is 10.6. The quantitative estimate of drug-likeness (QED) is 0.0251. The third kappa shape index (κ3) is 22.9. The molecule has 2 rings (SSSR count). The Balaban J connectivity index is 1.67. The summed E-state index contributed by atoms with van der Waals surface area (Å²) in [6.45, 7) is 3.40. The highest BCUT2D eigenvalue weighted by Gasteiger charge is 2.47. The van der Waals surface area contributed by atoms with Crippen LogP contribution in [0.2, 0.25) is 0 Å². The van der Waals surface area contributed by atoms with E-state index in [1.54, 1.807) is 0 Å². The van der Waals surface area contributed by atoms with Gasteiger partial charge in [-0.05, 0) is 51.4 Å². The zero-order chi connectivity index (χ0) is 43.8. The monoisotopic (exact) mass is 857 g/mol. The molecule has 0 amide bonds. The number of hydrogen-bond acceptors (Lipinski definition) is 14. The van der Waals surface area contributed by atoms with Crippen molar-refractivity contribution in [3.05, 3.63) is 48.6 Å². The second-order valence-electron chi connectivity index (χ2n) is 15.8. The van der Waals surface area contributed by atoms with Gasteiger partial charge in [-0.3, -0.25) is 4.79 Å². The van der Waals surface area contributed by atoms with Crippen LogP contribution < -0.4 is 0 Å². The van der Waals surface area contributed by atoms with E-state index in [9.17, 15) is 40.5 Å². The fourth-order valence-corrected chi connectivity index (χ4v) is 6.86. The van der Waals surface area contributed by atoms with Crippen LogP contribution in [0.5, 0.6) is 0 Å². The summed E-state index contributed by atoms with van der Waals surface area (Å²) in [6, 6.07) is 0. The van der Waals surface area contributed by atoms with E-state index in [1.807, 2.05) is 0 Å². The van der Waals surface area contributed by atoms with Gasteiger partial charge in [0, 0.05) is 13.0 Å². The first-order valence-electron chi connectivity index (χ1n) is 22.7. The Morgan fingerprint density at radius 1 is 0.567 bits per heavy atom. The van der Waals surface area contributed by atoms with Crippen molar-refractivity contribution in [1.29, 1.82) is 0 Å². The molecule has 11 unspecified atom stereocenters. The Bertz CT molecular complexity index is 1180. The summed E-state index contributed by atoms with van der Waals surface area (Å²) in [4.78, 5) is 12.7. The van der Waals surface area contributed by atoms with E-state index in [-0.39, 0.29) is 19.6 Å². The minimum Gasteiger partial charge on any atom is -0.457 e. The van der Waals surface area contributed by atoms with E-state index in [1.165, 1.54) is 38.5 Å². The smallest absolute Gasteiger partial charge is 0.306 e. The predicted octanol–water partition coefficient (Wildman–Crippen LogP) is 5.23. The topological polar surface area (TPSA) is 214 Å². The lowest BCUT2D eigenvalue weighted by molar-refractivity contribution is -0.332. The van der Waals surface area contributed by atoms with Gasteiger partial charge in [0.25, 0.3) is 0 Å². The molecule has 0 spiro atoms. The highest BCUT2D eigenvalue weighted by atomic mass is 16.7. The van der Waals surface area contributed by atoms with E-state index in [0.717, 1.165) is 70.6 Å². The van der Waals surface area contributed by atoms with E-state index in [4.69, 9.17) is 28.4 Å². The lowest BCUT2D eigenvalue weighted by Gasteiger charge is -2.42. The molecular weight excluding hydrogens is 776 g/mol. The lowest BCUT2D eigenvalue weighted by Crippen LogP contribution is -2.61. The number of esters is 1. The Kier molecular flexibility index (Phi) is 31.0. The maximum Gasteiger partial charge on any atom is 0.306 e. The molecule has 0 saturated carbocycles. The second kappa shape index (κ2) is 34.4. The van der Waals surface area contributed by atoms with Gasteiger partial charge < -0.3 is 64.2 Å². The van der Waals surface area contributed by atoms with Crippen LogP contribution in [0.4, 0.5) is 0 Å². The summed E-state index contributed by atoms with van der Waals surface area (Å²) >= 11 is 0. The van der Waals surface area contributed by atoms with Crippen LogP contribution >= 0.6 is 0 Å². The first-order chi connectivity index (χ1) is 29.1. The highest BCUT2D eigenvalue weighted by Crippen LogP contribution is 2.26. The van der Waals surface area contributed by atoms with Gasteiger partial charge in [-0.1, -0.05) is 127 Å². The van der Waals surface area contributed by atoms with E-state index in [2.05, 4.69) is 62.5 Å². The SMILES string of the molecule is CC/C=C\C/C=C\C/C=C\C/C=C\CCCCCCCCCCCOCC(COC1OC(COC2OC(CO)C(O)C(O)C2O)C(O)C(O)C1O)OC(=O)CCCCCC. The van der Waals surface area contributed by atoms with Gasteiger partial charge in [0.1, 0.15) is 54.9 Å². The molecule has 2 heterocycles. The summed E-state index contributed by atoms with van der Waals surface area (Å²) in [5.41, 5.74) is 0. The van der Waals surface area contributed by atoms with Gasteiger partial charge in [-0.25, -0.2) is 0 Å². The van der Waals surface area contributed by atoms with Crippen molar-refractivity contribution in [3.8, 4) is 0 Å². The number of aliphatic hydroxyl groups is 7. The van der Waals surface area contributed by atoms with Gasteiger partial charge in [0.2, 0.25) is 0 Å². The molecule has 348 valence electrons. The average molecular weight is 857 g/mol. The first-order valence-corrected chi connectivity index (χ1v) is 22.7. The molecule has 11 atom stereocenters. The van der Waals surface area contributed by atoms with E-state index < -0.39 is 86.7 Å². The number of allylic oxidation sites excluding steroid dienone is 8. The van der Waals surface area contributed by atoms with Crippen LogP contribution in [0.25, 0.3) is 0 Å². The van der Waals surface area contributed by atoms with Crippen molar-refractivity contribution < 1.29 is 69.0 Å². The fourth-order valence-electron chi connectivity index (χ4n) is 6.86. The van der Waals surface area contributed by atoms with Gasteiger partial charge in [0.05, 0.1) is 26.4 Å². The molecule has 2 saturated heterocycles. The molecular formula is C46H80O14. The Labute approximate surface area is 359 Å². The Hall–Kier alpha value is -2.05. The van der Waals surface area contributed by atoms with Crippen molar-refractivity contribution in [2.75, 3.05) is 33.0 Å². The molecule has 0 aromatic heterocycles. The minimum absolute atomic E-state index is 0.0548. The molecule has 60 heavy (non-hydrogen) atoms. The number of carbonyl (C=O) groups is 1. The standard InChI is InChI=1S/C46H80O14/c1-3-5-7-9-10-11-12-13-14-15-16-17-18-19-20-21-22-23-24-25-26-28-30-55-32-35(58-38(48)29-27-8-6-4-2)33-56-45-44(54)42(52)40(50)37(60-45)34-57-46-43(53)41(51)39(49)36(31-47)59-46/h5,7,10-11,13-14,16-17,35-37,39-47,49-54H,3-4,6,8-9,12,15,18-34H2,1-2H3/b7-5-,11-10-,14-13-,17-16-. The minimum atomic E-state index is -1.70. The predicted molar refractivity (Wildman–Crippen MR) is 229 cm³/mol. The molecule has 0 aromatic carbocycles. The van der Waals surface area contributed by atoms with Crippen LogP contribution in [0.3, 0.4) is 0 Å². The van der Waals surface area contributed by atoms with Crippen molar-refractivity contribution in [2.45, 2.75) is 203 Å². The fraction of sp³-hybridized carbons (Fsp3) is 0.804. The number of ether oxygens (including phenoxy) is 6. The van der Waals surface area contributed by atoms with Crippen LogP contribution in [0.15, 0.2) is 48.6 Å². The molecule has 2 aliphatic heterocycles. The van der Waals surface area contributed by atoms with Gasteiger partial charge in [-0.2, -0.15) is 0 Å². The third-order valence-corrected chi connectivity index (χ3v) is 10.6. The van der Waals surface area contributed by atoms with Gasteiger partial charge in [0.15, 0.2) is 12.6 Å². The van der Waals surface area contributed by atoms with Crippen molar-refractivity contribution in [1.82, 2.24) is 0 Å². The lowest BCUT2D eigenvalue weighted by atomic mass is 9.98. The van der Waals surface area contributed by atoms with Gasteiger partial charge in [-0.15, -0.1) is 0 Å². The molecule has 2 fully saturated rings. The summed E-state index contributed by atoms with van der Waals surface area (Å²) < 4.78 is 33.9. The average Bonchev–Trinajstić information content (AvgIpc) is 3.24. The summed E-state index contributed by atoms with van der Waals surface area (Å²) in [7, 11) is 0. The molecule has 0 aliphatic carbocycles. The summed E-state index contributed by atoms with van der Waals surface area (Å²) in [5.74, 6) is -0.399. The number of carbonyl (C=O) groups excluding carboxylic acids is 1. The normalized spacial score (nSPS) is 28.1. The maximum absolute atomic E-state index is 12.7. The summed E-state index contributed by atoms with van der Waals surface area (Å²) in [5, 5.41) is 71.6. The van der Waals surface area contributed by atoms with Crippen molar-refractivity contribution in [3.63, 3.8) is 0 Å². The molecule has 0 aromatic rings. The molecule has 14 nitrogen and oxygen atoms in total. The zero-order valence-corrected chi connectivity index (χ0v) is 36.4. The van der Waals surface area contributed by atoms with Crippen LogP contribution in [-0.4, -0.2) is 142 Å². The number of aliphatic hydroxyl groups excluding tert-OH is 7. The van der Waals surface area contributed by atoms with Crippen LogP contribution in [0, 0.1) is 0 Å². The van der Waals surface area contributed by atoms with Crippen LogP contribution in [0.1, 0.15) is 136 Å². The number of rotatable bonds is 34. The first kappa shape index (κ1) is 54.1. The zero-order valence-electron chi connectivity index (χ0n) is 36.4. The molecule has 0 bridgehead atoms. The van der Waals surface area contributed by atoms with Crippen molar-refractivity contribution >= 4 is 5.97 Å². The number of hydrogen-bond donors (Lipinski definition) is 7. The second-order valence-corrected chi connectivity index (χ2v) is 15.8. The maximum atomic E-state index is 12.7. The highest BCUT2D eigenvalue weighted by molar-refractivity contribution is 5.69. The Morgan fingerprint density at radius 2 is 1.08 bits per heavy atom. The van der Waals surface area contributed by atoms with Crippen molar-refractivity contribution in [2.24, 2.45) is 0 Å². The number of unbranched alkanes of at least 4 members (excludes halogenated alkanes) is 12. The Morgan fingerprint density at radius 3 is 1.68 bits per heavy atom. The molecule has 2 aliphatic rings. The molecule has 7 N–H and O–H groups in total. The molecule has 14 heteroatoms. The van der Waals surface area contributed by atoms with Crippen LogP contribution in [-0.2, 0) is 33.2 Å². The van der Waals surface area contributed by atoms with E-state index >= 15 is 0 Å². The van der Waals surface area contributed by atoms with E-state index in [0.29, 0.717) is 13.0 Å².